The van der Waals surface area contributed by atoms with Gasteiger partial charge >= 0.3 is 0 Å². The highest BCUT2D eigenvalue weighted by Gasteiger charge is 2.57. The summed E-state index contributed by atoms with van der Waals surface area (Å²) in [5, 5.41) is 17.3. The molecule has 1 aromatic rings. The predicted molar refractivity (Wildman–Crippen MR) is 46.9 cm³/mol. The first-order chi connectivity index (χ1) is 7.26. The number of anilines is 1. The molecule has 1 aromatic heterocycles. The van der Waals surface area contributed by atoms with Crippen LogP contribution in [0.2, 0.25) is 0 Å². The lowest BCUT2D eigenvalue weighted by Gasteiger charge is -2.44. The standard InChI is InChI=1S/C8H10N4O3/c13-8-1-4(5-2-14-6(8)15-5)12-7(11-8)9-3-10-12/h3-6,13H,1-2H2,(H,9,10,11)/t4-,5+,6+,8+/m0/s1. The molecule has 0 radical (unpaired) electrons. The summed E-state index contributed by atoms with van der Waals surface area (Å²) in [7, 11) is 0. The van der Waals surface area contributed by atoms with Crippen LogP contribution in [-0.4, -0.2) is 44.6 Å². The Morgan fingerprint density at radius 3 is 3.53 bits per heavy atom. The molecule has 7 heteroatoms. The summed E-state index contributed by atoms with van der Waals surface area (Å²) < 4.78 is 12.7. The van der Waals surface area contributed by atoms with E-state index in [0.29, 0.717) is 19.0 Å². The first-order valence-corrected chi connectivity index (χ1v) is 4.93. The fraction of sp³-hybridized carbons (Fsp3) is 0.750. The van der Waals surface area contributed by atoms with Crippen molar-refractivity contribution < 1.29 is 14.6 Å². The van der Waals surface area contributed by atoms with Gasteiger partial charge in [0.15, 0.2) is 5.72 Å². The van der Waals surface area contributed by atoms with Crippen molar-refractivity contribution in [3.05, 3.63) is 6.33 Å². The monoisotopic (exact) mass is 210 g/mol. The Hall–Kier alpha value is -1.18. The Kier molecular flexibility index (Phi) is 1.24. The molecule has 0 amide bonds. The summed E-state index contributed by atoms with van der Waals surface area (Å²) in [5.74, 6) is 0.581. The van der Waals surface area contributed by atoms with Gasteiger partial charge < -0.3 is 19.9 Å². The van der Waals surface area contributed by atoms with E-state index in [1.54, 1.807) is 4.68 Å². The molecule has 2 fully saturated rings. The molecule has 4 heterocycles. The molecule has 4 bridgehead atoms. The smallest absolute Gasteiger partial charge is 0.223 e. The van der Waals surface area contributed by atoms with E-state index in [0.717, 1.165) is 0 Å². The average Bonchev–Trinajstić information content (AvgIpc) is 2.80. The van der Waals surface area contributed by atoms with Crippen LogP contribution in [0.3, 0.4) is 0 Å². The first-order valence-electron chi connectivity index (χ1n) is 4.93. The normalized spacial score (nSPS) is 46.1. The van der Waals surface area contributed by atoms with Gasteiger partial charge in [-0.3, -0.25) is 0 Å². The SMILES string of the molecule is O[C@]12C[C@@H]([C@H]3CO[C@@H]1O3)n1ncnc1N2. The van der Waals surface area contributed by atoms with Crippen molar-refractivity contribution in [1.82, 2.24) is 14.8 Å². The van der Waals surface area contributed by atoms with Crippen LogP contribution in [0, 0.1) is 0 Å². The fourth-order valence-electron chi connectivity index (χ4n) is 2.55. The van der Waals surface area contributed by atoms with Gasteiger partial charge in [-0.05, 0) is 0 Å². The maximum Gasteiger partial charge on any atom is 0.223 e. The largest absolute Gasteiger partial charge is 0.366 e. The first kappa shape index (κ1) is 8.03. The third-order valence-corrected chi connectivity index (χ3v) is 3.27. The predicted octanol–water partition coefficient (Wildman–Crippen LogP) is -0.922. The number of ether oxygens (including phenoxy) is 2. The van der Waals surface area contributed by atoms with Crippen LogP contribution in [0.15, 0.2) is 6.33 Å². The van der Waals surface area contributed by atoms with Crippen LogP contribution in [0.1, 0.15) is 12.5 Å². The highest BCUT2D eigenvalue weighted by atomic mass is 16.7. The van der Waals surface area contributed by atoms with Crippen LogP contribution in [0.5, 0.6) is 0 Å². The van der Waals surface area contributed by atoms with Crippen molar-refractivity contribution in [3.63, 3.8) is 0 Å². The third kappa shape index (κ3) is 0.858. The molecule has 80 valence electrons. The molecule has 3 aliphatic rings. The second kappa shape index (κ2) is 2.31. The minimum Gasteiger partial charge on any atom is -0.366 e. The number of hydrogen-bond acceptors (Lipinski definition) is 6. The number of rotatable bonds is 0. The minimum absolute atomic E-state index is 0.00694. The molecule has 2 saturated heterocycles. The van der Waals surface area contributed by atoms with Gasteiger partial charge in [0.05, 0.1) is 12.6 Å². The number of hydrogen-bond donors (Lipinski definition) is 2. The number of nitrogens with zero attached hydrogens (tertiary/aromatic N) is 3. The van der Waals surface area contributed by atoms with E-state index in [9.17, 15) is 5.11 Å². The second-order valence-electron chi connectivity index (χ2n) is 4.19. The number of aromatic nitrogens is 3. The molecule has 2 N–H and O–H groups in total. The molecule has 7 nitrogen and oxygen atoms in total. The number of fused-ring (bicyclic) bond motifs is 8. The Bertz CT molecular complexity index is 422. The summed E-state index contributed by atoms with van der Waals surface area (Å²) in [6, 6.07) is 0.00694. The van der Waals surface area contributed by atoms with Crippen molar-refractivity contribution in [1.29, 1.82) is 0 Å². The Morgan fingerprint density at radius 1 is 1.67 bits per heavy atom. The van der Waals surface area contributed by atoms with E-state index in [1.807, 2.05) is 0 Å². The topological polar surface area (TPSA) is 81.4 Å². The average molecular weight is 210 g/mol. The molecule has 4 atom stereocenters. The quantitative estimate of drug-likeness (QED) is 0.576. The van der Waals surface area contributed by atoms with Crippen molar-refractivity contribution in [2.45, 2.75) is 30.6 Å². The maximum atomic E-state index is 10.3. The lowest BCUT2D eigenvalue weighted by Crippen LogP contribution is -2.58. The number of nitrogens with one attached hydrogen (secondary N) is 1. The van der Waals surface area contributed by atoms with Gasteiger partial charge in [-0.15, -0.1) is 0 Å². The van der Waals surface area contributed by atoms with Gasteiger partial charge in [0.1, 0.15) is 12.4 Å². The van der Waals surface area contributed by atoms with Crippen LogP contribution in [0.25, 0.3) is 0 Å². The van der Waals surface area contributed by atoms with Crippen LogP contribution in [-0.2, 0) is 9.47 Å². The van der Waals surface area contributed by atoms with Gasteiger partial charge in [-0.2, -0.15) is 10.1 Å². The van der Waals surface area contributed by atoms with E-state index < -0.39 is 12.0 Å². The van der Waals surface area contributed by atoms with Crippen molar-refractivity contribution >= 4 is 5.95 Å². The summed E-state index contributed by atoms with van der Waals surface area (Å²) in [4.78, 5) is 4.05. The van der Waals surface area contributed by atoms with Crippen LogP contribution in [0.4, 0.5) is 5.95 Å². The van der Waals surface area contributed by atoms with E-state index >= 15 is 0 Å². The number of aliphatic hydroxyl groups is 1. The van der Waals surface area contributed by atoms with Gasteiger partial charge in [0, 0.05) is 6.42 Å². The molecule has 4 rings (SSSR count). The molecular weight excluding hydrogens is 200 g/mol. The summed E-state index contributed by atoms with van der Waals surface area (Å²) >= 11 is 0. The van der Waals surface area contributed by atoms with Gasteiger partial charge in [-0.25, -0.2) is 4.68 Å². The summed E-state index contributed by atoms with van der Waals surface area (Å²) in [6.07, 6.45) is 1.39. The molecule has 0 spiro atoms. The lowest BCUT2D eigenvalue weighted by atomic mass is 9.95. The lowest BCUT2D eigenvalue weighted by molar-refractivity contribution is -0.215. The molecule has 0 aromatic carbocycles. The molecule has 0 saturated carbocycles. The molecule has 15 heavy (non-hydrogen) atoms. The molecule has 3 aliphatic heterocycles. The van der Waals surface area contributed by atoms with Crippen molar-refractivity contribution in [2.24, 2.45) is 0 Å². The van der Waals surface area contributed by atoms with E-state index in [1.165, 1.54) is 6.33 Å². The highest BCUT2D eigenvalue weighted by Crippen LogP contribution is 2.44. The van der Waals surface area contributed by atoms with Gasteiger partial charge in [-0.1, -0.05) is 0 Å². The Labute approximate surface area is 85.0 Å². The highest BCUT2D eigenvalue weighted by molar-refractivity contribution is 5.33. The molecule has 0 aliphatic carbocycles. The van der Waals surface area contributed by atoms with Crippen molar-refractivity contribution in [3.8, 4) is 0 Å². The zero-order chi connectivity index (χ0) is 10.0. The third-order valence-electron chi connectivity index (χ3n) is 3.27. The zero-order valence-corrected chi connectivity index (χ0v) is 7.83. The maximum absolute atomic E-state index is 10.3. The van der Waals surface area contributed by atoms with Crippen LogP contribution >= 0.6 is 0 Å². The van der Waals surface area contributed by atoms with E-state index in [2.05, 4.69) is 15.4 Å². The summed E-state index contributed by atoms with van der Waals surface area (Å²) in [6.45, 7) is 0.499. The van der Waals surface area contributed by atoms with E-state index in [4.69, 9.17) is 9.47 Å². The fourth-order valence-corrected chi connectivity index (χ4v) is 2.55. The van der Waals surface area contributed by atoms with E-state index in [-0.39, 0.29) is 12.1 Å². The van der Waals surface area contributed by atoms with Crippen LogP contribution < -0.4 is 5.32 Å². The van der Waals surface area contributed by atoms with Crippen molar-refractivity contribution in [2.75, 3.05) is 11.9 Å². The second-order valence-corrected chi connectivity index (χ2v) is 4.19. The van der Waals surface area contributed by atoms with Gasteiger partial charge in [0.25, 0.3) is 0 Å². The zero-order valence-electron chi connectivity index (χ0n) is 7.83. The Balaban J connectivity index is 1.89. The van der Waals surface area contributed by atoms with Gasteiger partial charge in [0.2, 0.25) is 12.2 Å². The Morgan fingerprint density at radius 2 is 2.60 bits per heavy atom. The molecule has 0 unspecified atom stereocenters. The molecular formula is C8H10N4O3. The summed E-state index contributed by atoms with van der Waals surface area (Å²) in [5.41, 5.74) is -1.17. The minimum atomic E-state index is -1.17.